The number of amides is 2. The third kappa shape index (κ3) is 4.85. The van der Waals surface area contributed by atoms with Gasteiger partial charge in [-0.15, -0.1) is 0 Å². The van der Waals surface area contributed by atoms with Crippen molar-refractivity contribution in [3.05, 3.63) is 42.0 Å². The number of carbonyl (C=O) groups excluding carboxylic acids is 1. The number of nitrogens with zero attached hydrogens (tertiary/aromatic N) is 4. The fourth-order valence-electron chi connectivity index (χ4n) is 1.90. The number of aryl methyl sites for hydroxylation is 1. The van der Waals surface area contributed by atoms with E-state index >= 15 is 0 Å². The van der Waals surface area contributed by atoms with E-state index in [4.69, 9.17) is 0 Å². The first-order chi connectivity index (χ1) is 10.5. The summed E-state index contributed by atoms with van der Waals surface area (Å²) in [6.07, 6.45) is 5.17. The molecule has 0 unspecified atom stereocenters. The standard InChI is InChI=1S/C15H22N6O/c1-12-5-4-6-16-14(12)10-17-15(22)19-13-9-18-21(11-13)8-7-20(2)3/h4-6,9,11H,7-8,10H2,1-3H3,(H2,17,19,22). The summed E-state index contributed by atoms with van der Waals surface area (Å²) in [5.41, 5.74) is 2.59. The Balaban J connectivity index is 1.81. The quantitative estimate of drug-likeness (QED) is 0.847. The number of pyridine rings is 1. The number of rotatable bonds is 6. The first-order valence-electron chi connectivity index (χ1n) is 7.17. The highest BCUT2D eigenvalue weighted by Gasteiger charge is 2.06. The van der Waals surface area contributed by atoms with Crippen molar-refractivity contribution in [2.24, 2.45) is 0 Å². The fraction of sp³-hybridized carbons (Fsp3) is 0.400. The van der Waals surface area contributed by atoms with Crippen molar-refractivity contribution in [1.29, 1.82) is 0 Å². The van der Waals surface area contributed by atoms with Crippen LogP contribution in [0.1, 0.15) is 11.3 Å². The summed E-state index contributed by atoms with van der Waals surface area (Å²) in [4.78, 5) is 18.2. The molecular weight excluding hydrogens is 280 g/mol. The normalized spacial score (nSPS) is 10.7. The van der Waals surface area contributed by atoms with E-state index in [2.05, 4.69) is 25.6 Å². The van der Waals surface area contributed by atoms with Crippen LogP contribution in [0.25, 0.3) is 0 Å². The number of carbonyl (C=O) groups is 1. The van der Waals surface area contributed by atoms with Gasteiger partial charge in [-0.3, -0.25) is 9.67 Å². The Morgan fingerprint density at radius 1 is 1.41 bits per heavy atom. The molecule has 0 saturated heterocycles. The van der Waals surface area contributed by atoms with Gasteiger partial charge in [-0.05, 0) is 32.6 Å². The average molecular weight is 302 g/mol. The van der Waals surface area contributed by atoms with Crippen LogP contribution in [0.3, 0.4) is 0 Å². The van der Waals surface area contributed by atoms with E-state index in [0.29, 0.717) is 12.2 Å². The van der Waals surface area contributed by atoms with Crippen LogP contribution in [0.2, 0.25) is 0 Å². The van der Waals surface area contributed by atoms with Crippen molar-refractivity contribution in [2.75, 3.05) is 26.0 Å². The summed E-state index contributed by atoms with van der Waals surface area (Å²) < 4.78 is 1.80. The Kier molecular flexibility index (Phi) is 5.48. The van der Waals surface area contributed by atoms with Crippen LogP contribution in [-0.4, -0.2) is 46.3 Å². The number of hydrogen-bond acceptors (Lipinski definition) is 4. The second-order valence-electron chi connectivity index (χ2n) is 5.37. The Morgan fingerprint density at radius 2 is 2.23 bits per heavy atom. The molecule has 7 heteroatoms. The zero-order chi connectivity index (χ0) is 15.9. The lowest BCUT2D eigenvalue weighted by molar-refractivity contribution is 0.251. The average Bonchev–Trinajstić information content (AvgIpc) is 2.92. The van der Waals surface area contributed by atoms with Gasteiger partial charge in [0.05, 0.1) is 30.7 Å². The topological polar surface area (TPSA) is 75.1 Å². The molecule has 0 aliphatic rings. The highest BCUT2D eigenvalue weighted by molar-refractivity contribution is 5.88. The molecule has 2 N–H and O–H groups in total. The van der Waals surface area contributed by atoms with E-state index in [-0.39, 0.29) is 6.03 Å². The van der Waals surface area contributed by atoms with E-state index in [1.807, 2.05) is 39.3 Å². The molecule has 0 spiro atoms. The fourth-order valence-corrected chi connectivity index (χ4v) is 1.90. The minimum atomic E-state index is -0.266. The van der Waals surface area contributed by atoms with Crippen LogP contribution in [0.15, 0.2) is 30.7 Å². The number of aromatic nitrogens is 3. The molecule has 2 amide bonds. The first kappa shape index (κ1) is 16.0. The van der Waals surface area contributed by atoms with Crippen molar-refractivity contribution < 1.29 is 4.79 Å². The smallest absolute Gasteiger partial charge is 0.319 e. The lowest BCUT2D eigenvalue weighted by Gasteiger charge is -2.09. The van der Waals surface area contributed by atoms with E-state index < -0.39 is 0 Å². The first-order valence-corrected chi connectivity index (χ1v) is 7.17. The number of anilines is 1. The highest BCUT2D eigenvalue weighted by Crippen LogP contribution is 2.05. The Hall–Kier alpha value is -2.41. The minimum absolute atomic E-state index is 0.266. The van der Waals surface area contributed by atoms with Crippen LogP contribution in [0.4, 0.5) is 10.5 Å². The van der Waals surface area contributed by atoms with E-state index in [1.54, 1.807) is 17.1 Å². The zero-order valence-corrected chi connectivity index (χ0v) is 13.2. The van der Waals surface area contributed by atoms with Gasteiger partial charge in [0.25, 0.3) is 0 Å². The van der Waals surface area contributed by atoms with Crippen molar-refractivity contribution in [3.63, 3.8) is 0 Å². The molecule has 0 aliphatic heterocycles. The molecule has 0 aliphatic carbocycles. The number of likely N-dealkylation sites (N-methyl/N-ethyl adjacent to an activating group) is 1. The van der Waals surface area contributed by atoms with Gasteiger partial charge in [-0.25, -0.2) is 4.79 Å². The number of urea groups is 1. The van der Waals surface area contributed by atoms with Gasteiger partial charge in [-0.2, -0.15) is 5.10 Å². The predicted molar refractivity (Wildman–Crippen MR) is 85.6 cm³/mol. The molecule has 0 bridgehead atoms. The molecule has 2 aromatic heterocycles. The summed E-state index contributed by atoms with van der Waals surface area (Å²) in [6, 6.07) is 3.58. The lowest BCUT2D eigenvalue weighted by atomic mass is 10.2. The molecule has 0 fully saturated rings. The summed E-state index contributed by atoms with van der Waals surface area (Å²) >= 11 is 0. The number of nitrogens with one attached hydrogen (secondary N) is 2. The summed E-state index contributed by atoms with van der Waals surface area (Å²) in [5.74, 6) is 0. The monoisotopic (exact) mass is 302 g/mol. The summed E-state index contributed by atoms with van der Waals surface area (Å²) in [7, 11) is 4.02. The van der Waals surface area contributed by atoms with Gasteiger partial charge in [0.2, 0.25) is 0 Å². The Morgan fingerprint density at radius 3 is 2.95 bits per heavy atom. The molecular formula is C15H22N6O. The zero-order valence-electron chi connectivity index (χ0n) is 13.2. The number of hydrogen-bond donors (Lipinski definition) is 2. The van der Waals surface area contributed by atoms with Crippen LogP contribution >= 0.6 is 0 Å². The van der Waals surface area contributed by atoms with Crippen molar-refractivity contribution in [3.8, 4) is 0 Å². The lowest BCUT2D eigenvalue weighted by Crippen LogP contribution is -2.28. The highest BCUT2D eigenvalue weighted by atomic mass is 16.2. The Labute approximate surface area is 130 Å². The van der Waals surface area contributed by atoms with Gasteiger partial charge in [0.15, 0.2) is 0 Å². The predicted octanol–water partition coefficient (Wildman–Crippen LogP) is 1.47. The summed E-state index contributed by atoms with van der Waals surface area (Å²) in [5, 5.41) is 9.76. The van der Waals surface area contributed by atoms with E-state index in [0.717, 1.165) is 24.3 Å². The van der Waals surface area contributed by atoms with Crippen LogP contribution in [0.5, 0.6) is 0 Å². The van der Waals surface area contributed by atoms with Crippen LogP contribution in [-0.2, 0) is 13.1 Å². The molecule has 2 heterocycles. The SMILES string of the molecule is Cc1cccnc1CNC(=O)Nc1cnn(CCN(C)C)c1. The van der Waals surface area contributed by atoms with Crippen molar-refractivity contribution in [2.45, 2.75) is 20.0 Å². The van der Waals surface area contributed by atoms with E-state index in [9.17, 15) is 4.79 Å². The van der Waals surface area contributed by atoms with Gasteiger partial charge in [0, 0.05) is 18.9 Å². The van der Waals surface area contributed by atoms with E-state index in [1.165, 1.54) is 0 Å². The minimum Gasteiger partial charge on any atom is -0.332 e. The van der Waals surface area contributed by atoms with Crippen LogP contribution in [0, 0.1) is 6.92 Å². The largest absolute Gasteiger partial charge is 0.332 e. The molecule has 0 radical (unpaired) electrons. The maximum atomic E-state index is 11.9. The maximum Gasteiger partial charge on any atom is 0.319 e. The van der Waals surface area contributed by atoms with Gasteiger partial charge in [0.1, 0.15) is 0 Å². The van der Waals surface area contributed by atoms with Crippen molar-refractivity contribution in [1.82, 2.24) is 25.0 Å². The molecule has 0 saturated carbocycles. The van der Waals surface area contributed by atoms with Gasteiger partial charge in [-0.1, -0.05) is 6.07 Å². The molecule has 2 rings (SSSR count). The Bertz CT molecular complexity index is 622. The molecule has 0 aromatic carbocycles. The van der Waals surface area contributed by atoms with Gasteiger partial charge >= 0.3 is 6.03 Å². The third-order valence-corrected chi connectivity index (χ3v) is 3.20. The maximum absolute atomic E-state index is 11.9. The molecule has 118 valence electrons. The summed E-state index contributed by atoms with van der Waals surface area (Å²) in [6.45, 7) is 4.04. The second-order valence-corrected chi connectivity index (χ2v) is 5.37. The molecule has 0 atom stereocenters. The van der Waals surface area contributed by atoms with Gasteiger partial charge < -0.3 is 15.5 Å². The molecule has 2 aromatic rings. The van der Waals surface area contributed by atoms with Crippen molar-refractivity contribution >= 4 is 11.7 Å². The second kappa shape index (κ2) is 7.56. The molecule has 22 heavy (non-hydrogen) atoms. The molecule has 7 nitrogen and oxygen atoms in total. The third-order valence-electron chi connectivity index (χ3n) is 3.20. The van der Waals surface area contributed by atoms with Crippen LogP contribution < -0.4 is 10.6 Å².